The Labute approximate surface area is 179 Å². The Hall–Kier alpha value is -3.66. The van der Waals surface area contributed by atoms with E-state index in [0.717, 1.165) is 36.4 Å². The second-order valence-corrected chi connectivity index (χ2v) is 7.04. The molecule has 0 radical (unpaired) electrons. The van der Waals surface area contributed by atoms with E-state index in [1.807, 2.05) is 5.32 Å². The molecule has 2 aromatic rings. The SMILES string of the molecule is N#Cc1ccc(Oc2ccc(/C=C3/SC(=O)NC3=O)cc2OC(F)(F)F)c(C(F)(F)F)c1. The minimum atomic E-state index is -5.21. The number of nitriles is 1. The number of hydrogen-bond acceptors (Lipinski definition) is 6. The van der Waals surface area contributed by atoms with Crippen LogP contribution in [0.4, 0.5) is 31.1 Å². The quantitative estimate of drug-likeness (QED) is 0.459. The van der Waals surface area contributed by atoms with Crippen LogP contribution in [0.5, 0.6) is 17.2 Å². The molecule has 0 atom stereocenters. The second kappa shape index (κ2) is 8.46. The fraction of sp³-hybridized carbons (Fsp3) is 0.105. The first-order valence-corrected chi connectivity index (χ1v) is 9.11. The maximum absolute atomic E-state index is 13.3. The van der Waals surface area contributed by atoms with Crippen molar-refractivity contribution in [2.45, 2.75) is 12.5 Å². The Balaban J connectivity index is 2.04. The summed E-state index contributed by atoms with van der Waals surface area (Å²) in [5, 5.41) is 10.1. The monoisotopic (exact) mass is 474 g/mol. The van der Waals surface area contributed by atoms with Crippen LogP contribution in [0.25, 0.3) is 6.08 Å². The first kappa shape index (κ1) is 23.0. The minimum absolute atomic E-state index is 0.0141. The Morgan fingerprint density at radius 2 is 1.66 bits per heavy atom. The van der Waals surface area contributed by atoms with Crippen LogP contribution in [0, 0.1) is 11.3 Å². The highest BCUT2D eigenvalue weighted by Gasteiger charge is 2.36. The summed E-state index contributed by atoms with van der Waals surface area (Å²) in [7, 11) is 0. The first-order chi connectivity index (χ1) is 14.9. The van der Waals surface area contributed by atoms with Gasteiger partial charge in [0.25, 0.3) is 11.1 Å². The van der Waals surface area contributed by atoms with Crippen LogP contribution < -0.4 is 14.8 Å². The zero-order chi connectivity index (χ0) is 23.7. The van der Waals surface area contributed by atoms with Gasteiger partial charge in [0, 0.05) is 0 Å². The van der Waals surface area contributed by atoms with Crippen molar-refractivity contribution in [3.8, 4) is 23.3 Å². The van der Waals surface area contributed by atoms with Gasteiger partial charge < -0.3 is 9.47 Å². The van der Waals surface area contributed by atoms with Crippen molar-refractivity contribution in [1.29, 1.82) is 5.26 Å². The topological polar surface area (TPSA) is 88.4 Å². The van der Waals surface area contributed by atoms with Gasteiger partial charge in [-0.3, -0.25) is 14.9 Å². The van der Waals surface area contributed by atoms with Crippen molar-refractivity contribution in [1.82, 2.24) is 5.32 Å². The fourth-order valence-electron chi connectivity index (χ4n) is 2.50. The highest BCUT2D eigenvalue weighted by atomic mass is 32.2. The van der Waals surface area contributed by atoms with E-state index in [2.05, 4.69) is 4.74 Å². The molecule has 1 N–H and O–H groups in total. The molecule has 0 saturated carbocycles. The van der Waals surface area contributed by atoms with E-state index in [4.69, 9.17) is 10.00 Å². The lowest BCUT2D eigenvalue weighted by Crippen LogP contribution is -2.18. The van der Waals surface area contributed by atoms with Crippen molar-refractivity contribution in [3.05, 3.63) is 58.0 Å². The summed E-state index contributed by atoms with van der Waals surface area (Å²) in [4.78, 5) is 22.7. The van der Waals surface area contributed by atoms with Crippen LogP contribution in [0.1, 0.15) is 16.7 Å². The maximum atomic E-state index is 13.3. The summed E-state index contributed by atoms with van der Waals surface area (Å²) in [6.07, 6.45) is -9.07. The van der Waals surface area contributed by atoms with Crippen molar-refractivity contribution >= 4 is 29.0 Å². The number of halogens is 6. The molecule has 3 rings (SSSR count). The number of rotatable bonds is 4. The molecule has 6 nitrogen and oxygen atoms in total. The second-order valence-electron chi connectivity index (χ2n) is 6.03. The van der Waals surface area contributed by atoms with Gasteiger partial charge in [-0.25, -0.2) is 0 Å². The lowest BCUT2D eigenvalue weighted by molar-refractivity contribution is -0.275. The van der Waals surface area contributed by atoms with Gasteiger partial charge in [-0.2, -0.15) is 18.4 Å². The third-order valence-electron chi connectivity index (χ3n) is 3.77. The van der Waals surface area contributed by atoms with E-state index in [-0.39, 0.29) is 16.0 Å². The number of thioether (sulfide) groups is 1. The van der Waals surface area contributed by atoms with E-state index in [9.17, 15) is 35.9 Å². The van der Waals surface area contributed by atoms with Crippen molar-refractivity contribution in [2.75, 3.05) is 0 Å². The fourth-order valence-corrected chi connectivity index (χ4v) is 3.19. The van der Waals surface area contributed by atoms with Gasteiger partial charge in [-0.15, -0.1) is 13.2 Å². The third kappa shape index (κ3) is 5.52. The molecule has 0 aliphatic carbocycles. The number of ether oxygens (including phenoxy) is 2. The maximum Gasteiger partial charge on any atom is 0.573 e. The zero-order valence-corrected chi connectivity index (χ0v) is 16.1. The first-order valence-electron chi connectivity index (χ1n) is 8.29. The summed E-state index contributed by atoms with van der Waals surface area (Å²) in [6.45, 7) is 0. The van der Waals surface area contributed by atoms with Crippen LogP contribution >= 0.6 is 11.8 Å². The largest absolute Gasteiger partial charge is 0.573 e. The molecule has 166 valence electrons. The molecule has 32 heavy (non-hydrogen) atoms. The number of alkyl halides is 6. The predicted molar refractivity (Wildman–Crippen MR) is 98.5 cm³/mol. The third-order valence-corrected chi connectivity index (χ3v) is 4.58. The molecule has 1 aliphatic heterocycles. The van der Waals surface area contributed by atoms with Gasteiger partial charge in [-0.05, 0) is 53.7 Å². The summed E-state index contributed by atoms with van der Waals surface area (Å²) in [5.41, 5.74) is -1.72. The van der Waals surface area contributed by atoms with Gasteiger partial charge >= 0.3 is 12.5 Å². The standard InChI is InChI=1S/C19H8F6N2O4S/c20-18(21,22)11-5-10(8-26)2-3-12(11)30-13-4-1-9(6-14(13)31-19(23,24)25)7-15-16(28)27-17(29)32-15/h1-7H,(H,27,28,29)/b15-7+. The lowest BCUT2D eigenvalue weighted by Gasteiger charge is -2.17. The Kier molecular flexibility index (Phi) is 6.09. The molecule has 1 saturated heterocycles. The average molecular weight is 474 g/mol. The lowest BCUT2D eigenvalue weighted by atomic mass is 10.1. The predicted octanol–water partition coefficient (Wildman–Crippen LogP) is 5.59. The van der Waals surface area contributed by atoms with Crippen molar-refractivity contribution < 1.29 is 45.4 Å². The molecule has 1 heterocycles. The van der Waals surface area contributed by atoms with Gasteiger partial charge in [0.05, 0.1) is 22.1 Å². The van der Waals surface area contributed by atoms with E-state index in [1.54, 1.807) is 0 Å². The summed E-state index contributed by atoms with van der Waals surface area (Å²) >= 11 is 0.518. The molecule has 0 aromatic heterocycles. The molecular weight excluding hydrogens is 466 g/mol. The van der Waals surface area contributed by atoms with Gasteiger partial charge in [-0.1, -0.05) is 6.07 Å². The van der Waals surface area contributed by atoms with Crippen LogP contribution in [0.3, 0.4) is 0 Å². The number of benzene rings is 2. The van der Waals surface area contributed by atoms with E-state index in [1.165, 1.54) is 6.07 Å². The number of nitrogens with zero attached hydrogens (tertiary/aromatic N) is 1. The number of amides is 2. The number of nitrogens with one attached hydrogen (secondary N) is 1. The van der Waals surface area contributed by atoms with Gasteiger partial charge in [0.2, 0.25) is 0 Å². The molecule has 13 heteroatoms. The Morgan fingerprint density at radius 3 is 2.22 bits per heavy atom. The Bertz CT molecular complexity index is 1170. The van der Waals surface area contributed by atoms with E-state index in [0.29, 0.717) is 17.8 Å². The molecule has 1 fully saturated rings. The summed E-state index contributed by atoms with van der Waals surface area (Å²) in [6, 6.07) is 6.65. The van der Waals surface area contributed by atoms with Crippen LogP contribution in [0.15, 0.2) is 41.3 Å². The summed E-state index contributed by atoms with van der Waals surface area (Å²) in [5.74, 6) is -3.31. The Morgan fingerprint density at radius 1 is 0.969 bits per heavy atom. The zero-order valence-electron chi connectivity index (χ0n) is 15.3. The molecular formula is C19H8F6N2O4S. The van der Waals surface area contributed by atoms with E-state index >= 15 is 0 Å². The number of carbonyl (C=O) groups excluding carboxylic acids is 2. The van der Waals surface area contributed by atoms with E-state index < -0.39 is 46.5 Å². The number of imide groups is 1. The molecule has 0 bridgehead atoms. The van der Waals surface area contributed by atoms with Crippen LogP contribution in [-0.2, 0) is 11.0 Å². The number of carbonyl (C=O) groups is 2. The van der Waals surface area contributed by atoms with Crippen LogP contribution in [0.2, 0.25) is 0 Å². The molecule has 2 aromatic carbocycles. The highest BCUT2D eigenvalue weighted by molar-refractivity contribution is 8.18. The van der Waals surface area contributed by atoms with Crippen molar-refractivity contribution in [2.24, 2.45) is 0 Å². The summed E-state index contributed by atoms with van der Waals surface area (Å²) < 4.78 is 87.5. The molecule has 0 unspecified atom stereocenters. The molecule has 2 amide bonds. The number of hydrogen-bond donors (Lipinski definition) is 1. The van der Waals surface area contributed by atoms with Gasteiger partial charge in [0.15, 0.2) is 11.5 Å². The van der Waals surface area contributed by atoms with Crippen LogP contribution in [-0.4, -0.2) is 17.5 Å². The van der Waals surface area contributed by atoms with Gasteiger partial charge in [0.1, 0.15) is 5.75 Å². The molecule has 0 spiro atoms. The minimum Gasteiger partial charge on any atom is -0.453 e. The smallest absolute Gasteiger partial charge is 0.453 e. The normalized spacial score (nSPS) is 15.5. The molecule has 1 aliphatic rings. The highest BCUT2D eigenvalue weighted by Crippen LogP contribution is 2.42. The van der Waals surface area contributed by atoms with Crippen molar-refractivity contribution in [3.63, 3.8) is 0 Å². The average Bonchev–Trinajstić information content (AvgIpc) is 2.98.